The molecule has 0 bridgehead atoms. The lowest BCUT2D eigenvalue weighted by Crippen LogP contribution is -2.39. The number of likely N-dealkylation sites (tertiary alicyclic amines) is 1. The van der Waals surface area contributed by atoms with Crippen molar-refractivity contribution in [2.24, 2.45) is 0 Å². The number of ether oxygens (including phenoxy) is 1. The van der Waals surface area contributed by atoms with Gasteiger partial charge in [-0.15, -0.1) is 0 Å². The molecule has 0 unspecified atom stereocenters. The van der Waals surface area contributed by atoms with Crippen LogP contribution in [-0.2, 0) is 11.2 Å². The highest BCUT2D eigenvalue weighted by molar-refractivity contribution is 6.06. The molecule has 1 aliphatic rings. The molecule has 2 heterocycles. The van der Waals surface area contributed by atoms with E-state index < -0.39 is 0 Å². The van der Waals surface area contributed by atoms with Gasteiger partial charge in [0.05, 0.1) is 31.0 Å². The lowest BCUT2D eigenvalue weighted by molar-refractivity contribution is -0.131. The van der Waals surface area contributed by atoms with Gasteiger partial charge in [-0.1, -0.05) is 30.3 Å². The van der Waals surface area contributed by atoms with Crippen LogP contribution in [-0.4, -0.2) is 53.7 Å². The number of aromatic amines is 1. The van der Waals surface area contributed by atoms with Crippen LogP contribution in [0, 0.1) is 0 Å². The number of amides is 2. The molecule has 33 heavy (non-hydrogen) atoms. The number of rotatable bonds is 7. The number of para-hydroxylation sites is 1. The van der Waals surface area contributed by atoms with Crippen molar-refractivity contribution in [3.63, 3.8) is 0 Å². The SMILES string of the molecule is CCN(C(=O)c1cn[nH]c1C1CCN(C(=O)Cc2ccc(OC)cc2)CC1)c1ccccc1. The summed E-state index contributed by atoms with van der Waals surface area (Å²) in [5.41, 5.74) is 3.33. The van der Waals surface area contributed by atoms with E-state index in [1.54, 1.807) is 18.2 Å². The van der Waals surface area contributed by atoms with Crippen molar-refractivity contribution < 1.29 is 14.3 Å². The maximum Gasteiger partial charge on any atom is 0.261 e. The van der Waals surface area contributed by atoms with Crippen molar-refractivity contribution >= 4 is 17.5 Å². The highest BCUT2D eigenvalue weighted by Crippen LogP contribution is 2.30. The van der Waals surface area contributed by atoms with Crippen molar-refractivity contribution in [1.82, 2.24) is 15.1 Å². The molecular weight excluding hydrogens is 416 g/mol. The smallest absolute Gasteiger partial charge is 0.261 e. The normalized spacial score (nSPS) is 14.2. The zero-order valence-electron chi connectivity index (χ0n) is 19.2. The number of piperidine rings is 1. The Balaban J connectivity index is 1.39. The second-order valence-corrected chi connectivity index (χ2v) is 8.26. The zero-order valence-corrected chi connectivity index (χ0v) is 19.2. The number of H-pyrrole nitrogens is 1. The van der Waals surface area contributed by atoms with Crippen LogP contribution >= 0.6 is 0 Å². The van der Waals surface area contributed by atoms with E-state index in [-0.39, 0.29) is 17.7 Å². The number of nitrogens with zero attached hydrogens (tertiary/aromatic N) is 3. The van der Waals surface area contributed by atoms with Gasteiger partial charge < -0.3 is 14.5 Å². The molecule has 172 valence electrons. The first-order valence-electron chi connectivity index (χ1n) is 11.4. The van der Waals surface area contributed by atoms with E-state index in [1.807, 2.05) is 66.4 Å². The Morgan fingerprint density at radius 2 is 1.79 bits per heavy atom. The summed E-state index contributed by atoms with van der Waals surface area (Å²) in [6, 6.07) is 17.3. The summed E-state index contributed by atoms with van der Waals surface area (Å²) in [4.78, 5) is 29.8. The minimum Gasteiger partial charge on any atom is -0.497 e. The third kappa shape index (κ3) is 5.08. The molecular formula is C26H30N4O3. The molecule has 1 fully saturated rings. The molecule has 0 aliphatic carbocycles. The number of methoxy groups -OCH3 is 1. The first-order chi connectivity index (χ1) is 16.1. The van der Waals surface area contributed by atoms with Gasteiger partial charge in [0.1, 0.15) is 5.75 Å². The Labute approximate surface area is 194 Å². The highest BCUT2D eigenvalue weighted by Gasteiger charge is 2.29. The van der Waals surface area contributed by atoms with Gasteiger partial charge in [-0.3, -0.25) is 14.7 Å². The van der Waals surface area contributed by atoms with E-state index in [9.17, 15) is 9.59 Å². The fourth-order valence-corrected chi connectivity index (χ4v) is 4.42. The van der Waals surface area contributed by atoms with Crippen molar-refractivity contribution in [3.8, 4) is 5.75 Å². The summed E-state index contributed by atoms with van der Waals surface area (Å²) in [7, 11) is 1.63. The molecule has 7 nitrogen and oxygen atoms in total. The van der Waals surface area contributed by atoms with E-state index in [2.05, 4.69) is 10.2 Å². The monoisotopic (exact) mass is 446 g/mol. The molecule has 1 aliphatic heterocycles. The van der Waals surface area contributed by atoms with Crippen LogP contribution in [0.5, 0.6) is 5.75 Å². The van der Waals surface area contributed by atoms with E-state index in [4.69, 9.17) is 4.74 Å². The number of hydrogen-bond acceptors (Lipinski definition) is 4. The number of hydrogen-bond donors (Lipinski definition) is 1. The maximum atomic E-state index is 13.3. The quantitative estimate of drug-likeness (QED) is 0.594. The number of aromatic nitrogens is 2. The molecule has 0 radical (unpaired) electrons. The summed E-state index contributed by atoms with van der Waals surface area (Å²) in [5.74, 6) is 1.03. The van der Waals surface area contributed by atoms with Crippen LogP contribution < -0.4 is 9.64 Å². The number of carbonyl (C=O) groups excluding carboxylic acids is 2. The first kappa shape index (κ1) is 22.6. The molecule has 1 saturated heterocycles. The predicted molar refractivity (Wildman–Crippen MR) is 128 cm³/mol. The molecule has 2 aromatic carbocycles. The molecule has 3 aromatic rings. The molecule has 0 spiro atoms. The number of carbonyl (C=O) groups is 2. The second kappa shape index (κ2) is 10.3. The molecule has 7 heteroatoms. The minimum absolute atomic E-state index is 0.0505. The van der Waals surface area contributed by atoms with Gasteiger partial charge >= 0.3 is 0 Å². The molecule has 0 saturated carbocycles. The molecule has 4 rings (SSSR count). The Bertz CT molecular complexity index is 1070. The van der Waals surface area contributed by atoms with Crippen molar-refractivity contribution in [1.29, 1.82) is 0 Å². The standard InChI is InChI=1S/C26H30N4O3/c1-3-30(21-7-5-4-6-8-21)26(32)23-18-27-28-25(23)20-13-15-29(16-14-20)24(31)17-19-9-11-22(33-2)12-10-19/h4-12,18,20H,3,13-17H2,1-2H3,(H,27,28). The van der Waals surface area contributed by atoms with Gasteiger partial charge in [0, 0.05) is 31.2 Å². The Morgan fingerprint density at radius 1 is 1.09 bits per heavy atom. The molecule has 1 aromatic heterocycles. The maximum absolute atomic E-state index is 13.3. The number of benzene rings is 2. The van der Waals surface area contributed by atoms with Crippen LogP contribution in [0.4, 0.5) is 5.69 Å². The summed E-state index contributed by atoms with van der Waals surface area (Å²) < 4.78 is 5.18. The van der Waals surface area contributed by atoms with E-state index in [0.717, 1.165) is 35.5 Å². The van der Waals surface area contributed by atoms with Gasteiger partial charge in [0.25, 0.3) is 5.91 Å². The van der Waals surface area contributed by atoms with Crippen molar-refractivity contribution in [2.75, 3.05) is 31.6 Å². The van der Waals surface area contributed by atoms with Gasteiger partial charge in [0.15, 0.2) is 0 Å². The van der Waals surface area contributed by atoms with Crippen LogP contribution in [0.25, 0.3) is 0 Å². The van der Waals surface area contributed by atoms with Crippen LogP contribution in [0.15, 0.2) is 60.8 Å². The average Bonchev–Trinajstić information content (AvgIpc) is 3.36. The van der Waals surface area contributed by atoms with Crippen molar-refractivity contribution in [2.45, 2.75) is 32.1 Å². The summed E-state index contributed by atoms with van der Waals surface area (Å²) in [6.45, 7) is 3.88. The summed E-state index contributed by atoms with van der Waals surface area (Å²) in [5, 5.41) is 7.26. The molecule has 1 N–H and O–H groups in total. The Hall–Kier alpha value is -3.61. The minimum atomic E-state index is -0.0505. The van der Waals surface area contributed by atoms with Crippen LogP contribution in [0.3, 0.4) is 0 Å². The number of nitrogens with one attached hydrogen (secondary N) is 1. The topological polar surface area (TPSA) is 78.5 Å². The third-order valence-electron chi connectivity index (χ3n) is 6.30. The Kier molecular flexibility index (Phi) is 7.07. The van der Waals surface area contributed by atoms with Gasteiger partial charge in [0.2, 0.25) is 5.91 Å². The second-order valence-electron chi connectivity index (χ2n) is 8.26. The molecule has 2 amide bonds. The summed E-state index contributed by atoms with van der Waals surface area (Å²) in [6.07, 6.45) is 3.61. The first-order valence-corrected chi connectivity index (χ1v) is 11.4. The third-order valence-corrected chi connectivity index (χ3v) is 6.30. The van der Waals surface area contributed by atoms with Crippen molar-refractivity contribution in [3.05, 3.63) is 77.6 Å². The van der Waals surface area contributed by atoms with Gasteiger partial charge in [-0.2, -0.15) is 5.10 Å². The lowest BCUT2D eigenvalue weighted by Gasteiger charge is -2.32. The lowest BCUT2D eigenvalue weighted by atomic mass is 9.90. The number of anilines is 1. The Morgan fingerprint density at radius 3 is 2.42 bits per heavy atom. The fourth-order valence-electron chi connectivity index (χ4n) is 4.42. The van der Waals surface area contributed by atoms with E-state index in [0.29, 0.717) is 31.6 Å². The predicted octanol–water partition coefficient (Wildman–Crippen LogP) is 4.03. The molecule has 0 atom stereocenters. The van der Waals surface area contributed by atoms with Crippen LogP contribution in [0.2, 0.25) is 0 Å². The van der Waals surface area contributed by atoms with E-state index in [1.165, 1.54) is 0 Å². The van der Waals surface area contributed by atoms with Gasteiger partial charge in [-0.05, 0) is 49.6 Å². The average molecular weight is 447 g/mol. The van der Waals surface area contributed by atoms with E-state index >= 15 is 0 Å². The highest BCUT2D eigenvalue weighted by atomic mass is 16.5. The summed E-state index contributed by atoms with van der Waals surface area (Å²) >= 11 is 0. The van der Waals surface area contributed by atoms with Gasteiger partial charge in [-0.25, -0.2) is 0 Å². The zero-order chi connectivity index (χ0) is 23.2. The van der Waals surface area contributed by atoms with Crippen LogP contribution in [0.1, 0.15) is 47.3 Å². The largest absolute Gasteiger partial charge is 0.497 e. The fraction of sp³-hybridized carbons (Fsp3) is 0.346.